The lowest BCUT2D eigenvalue weighted by molar-refractivity contribution is -0.143. The number of benzene rings is 1. The van der Waals surface area contributed by atoms with E-state index in [9.17, 15) is 18.4 Å². The molecule has 0 saturated heterocycles. The molecule has 1 fully saturated rings. The van der Waals surface area contributed by atoms with Gasteiger partial charge in [0.15, 0.2) is 0 Å². The summed E-state index contributed by atoms with van der Waals surface area (Å²) >= 11 is 0. The lowest BCUT2D eigenvalue weighted by Crippen LogP contribution is -2.34. The molecular weight excluding hydrogens is 268 g/mol. The van der Waals surface area contributed by atoms with Gasteiger partial charge in [0, 0.05) is 13.0 Å². The fourth-order valence-corrected chi connectivity index (χ4v) is 1.96. The zero-order valence-electron chi connectivity index (χ0n) is 10.8. The zero-order valence-corrected chi connectivity index (χ0v) is 10.8. The number of carboxylic acid groups (broad SMARTS) is 1. The Kier molecular flexibility index (Phi) is 4.01. The van der Waals surface area contributed by atoms with E-state index in [0.717, 1.165) is 18.2 Å². The summed E-state index contributed by atoms with van der Waals surface area (Å²) in [7, 11) is 0. The van der Waals surface area contributed by atoms with Gasteiger partial charge in [-0.25, -0.2) is 8.78 Å². The van der Waals surface area contributed by atoms with Crippen LogP contribution in [0.3, 0.4) is 0 Å². The highest BCUT2D eigenvalue weighted by molar-refractivity contribution is 5.81. The van der Waals surface area contributed by atoms with E-state index >= 15 is 0 Å². The third kappa shape index (κ3) is 3.31. The number of aryl methyl sites for hydroxylation is 1. The predicted molar refractivity (Wildman–Crippen MR) is 67.0 cm³/mol. The highest BCUT2D eigenvalue weighted by atomic mass is 19.1. The van der Waals surface area contributed by atoms with Crippen molar-refractivity contribution in [3.05, 3.63) is 35.4 Å². The van der Waals surface area contributed by atoms with Gasteiger partial charge in [0.25, 0.3) is 0 Å². The summed E-state index contributed by atoms with van der Waals surface area (Å²) < 4.78 is 26.3. The number of amides is 1. The molecule has 0 atom stereocenters. The molecule has 108 valence electrons. The number of carbonyl (C=O) groups is 2. The fraction of sp³-hybridized carbons (Fsp3) is 0.429. The largest absolute Gasteiger partial charge is 0.481 e. The number of carbonyl (C=O) groups excluding carboxylic acids is 1. The minimum absolute atomic E-state index is 0.00390. The van der Waals surface area contributed by atoms with Gasteiger partial charge in [0.2, 0.25) is 5.91 Å². The molecule has 1 aliphatic carbocycles. The molecule has 2 rings (SSSR count). The van der Waals surface area contributed by atoms with E-state index in [1.807, 2.05) is 0 Å². The summed E-state index contributed by atoms with van der Waals surface area (Å²) in [6.45, 7) is 0.0901. The summed E-state index contributed by atoms with van der Waals surface area (Å²) in [4.78, 5) is 22.5. The standard InChI is InChI=1S/C14H15F2NO3/c15-10-2-3-11(16)9(7-10)1-4-12(18)17-8-14(5-6-14)13(19)20/h2-3,7H,1,4-6,8H2,(H,17,18)(H,19,20). The van der Waals surface area contributed by atoms with Crippen molar-refractivity contribution in [1.29, 1.82) is 0 Å². The van der Waals surface area contributed by atoms with Crippen LogP contribution in [0.2, 0.25) is 0 Å². The van der Waals surface area contributed by atoms with Crippen molar-refractivity contribution in [2.45, 2.75) is 25.7 Å². The third-order valence-electron chi connectivity index (χ3n) is 3.56. The Hall–Kier alpha value is -1.98. The van der Waals surface area contributed by atoms with E-state index < -0.39 is 23.0 Å². The van der Waals surface area contributed by atoms with Gasteiger partial charge in [0.05, 0.1) is 5.41 Å². The molecule has 1 aliphatic rings. The molecule has 4 nitrogen and oxygen atoms in total. The molecule has 0 bridgehead atoms. The lowest BCUT2D eigenvalue weighted by Gasteiger charge is -2.11. The van der Waals surface area contributed by atoms with Crippen molar-refractivity contribution >= 4 is 11.9 Å². The van der Waals surface area contributed by atoms with Crippen molar-refractivity contribution < 1.29 is 23.5 Å². The van der Waals surface area contributed by atoms with Crippen molar-refractivity contribution in [3.63, 3.8) is 0 Å². The van der Waals surface area contributed by atoms with E-state index in [4.69, 9.17) is 5.11 Å². The molecule has 1 saturated carbocycles. The molecule has 20 heavy (non-hydrogen) atoms. The number of halogens is 2. The Labute approximate surface area is 114 Å². The Bertz CT molecular complexity index is 541. The maximum Gasteiger partial charge on any atom is 0.311 e. The minimum Gasteiger partial charge on any atom is -0.481 e. The number of hydrogen-bond acceptors (Lipinski definition) is 2. The molecule has 0 aromatic heterocycles. The summed E-state index contributed by atoms with van der Waals surface area (Å²) in [5, 5.41) is 11.5. The number of rotatable bonds is 6. The van der Waals surface area contributed by atoms with Crippen LogP contribution in [-0.2, 0) is 16.0 Å². The van der Waals surface area contributed by atoms with Crippen LogP contribution >= 0.6 is 0 Å². The van der Waals surface area contributed by atoms with Crippen LogP contribution in [-0.4, -0.2) is 23.5 Å². The van der Waals surface area contributed by atoms with E-state index in [2.05, 4.69) is 5.32 Å². The first-order chi connectivity index (χ1) is 9.43. The number of hydrogen-bond donors (Lipinski definition) is 2. The van der Waals surface area contributed by atoms with Gasteiger partial charge in [-0.15, -0.1) is 0 Å². The molecule has 0 heterocycles. The lowest BCUT2D eigenvalue weighted by atomic mass is 10.1. The summed E-state index contributed by atoms with van der Waals surface area (Å²) in [6.07, 6.45) is 1.19. The second-order valence-electron chi connectivity index (χ2n) is 5.10. The van der Waals surface area contributed by atoms with Crippen molar-refractivity contribution in [3.8, 4) is 0 Å². The average molecular weight is 283 g/mol. The molecule has 1 amide bonds. The number of aliphatic carboxylic acids is 1. The molecule has 0 radical (unpaired) electrons. The Balaban J connectivity index is 1.81. The topological polar surface area (TPSA) is 66.4 Å². The predicted octanol–water partition coefficient (Wildman–Crippen LogP) is 1.88. The monoisotopic (exact) mass is 283 g/mol. The second-order valence-corrected chi connectivity index (χ2v) is 5.10. The van der Waals surface area contributed by atoms with Gasteiger partial charge < -0.3 is 10.4 Å². The zero-order chi connectivity index (χ0) is 14.8. The van der Waals surface area contributed by atoms with Crippen LogP contribution in [0, 0.1) is 17.0 Å². The van der Waals surface area contributed by atoms with Crippen LogP contribution in [0.15, 0.2) is 18.2 Å². The summed E-state index contributed by atoms with van der Waals surface area (Å²) in [5.41, 5.74) is -0.681. The molecule has 6 heteroatoms. The van der Waals surface area contributed by atoms with Crippen LogP contribution in [0.1, 0.15) is 24.8 Å². The molecule has 1 aromatic rings. The molecule has 0 aliphatic heterocycles. The molecule has 2 N–H and O–H groups in total. The van der Waals surface area contributed by atoms with E-state index in [-0.39, 0.29) is 30.9 Å². The first-order valence-corrected chi connectivity index (χ1v) is 6.37. The average Bonchev–Trinajstić information content (AvgIpc) is 3.18. The smallest absolute Gasteiger partial charge is 0.311 e. The molecule has 0 unspecified atom stereocenters. The van der Waals surface area contributed by atoms with Crippen LogP contribution < -0.4 is 5.32 Å². The first kappa shape index (κ1) is 14.4. The highest BCUT2D eigenvalue weighted by Gasteiger charge is 2.50. The Morgan fingerprint density at radius 2 is 2.00 bits per heavy atom. The van der Waals surface area contributed by atoms with Crippen LogP contribution in [0.5, 0.6) is 0 Å². The van der Waals surface area contributed by atoms with Crippen molar-refractivity contribution in [1.82, 2.24) is 5.32 Å². The van der Waals surface area contributed by atoms with Crippen molar-refractivity contribution in [2.24, 2.45) is 5.41 Å². The van der Waals surface area contributed by atoms with Crippen LogP contribution in [0.4, 0.5) is 8.78 Å². The van der Waals surface area contributed by atoms with Gasteiger partial charge in [-0.05, 0) is 43.0 Å². The maximum absolute atomic E-state index is 13.3. The molecular formula is C14H15F2NO3. The first-order valence-electron chi connectivity index (χ1n) is 6.37. The Morgan fingerprint density at radius 1 is 1.30 bits per heavy atom. The van der Waals surface area contributed by atoms with E-state index in [0.29, 0.717) is 12.8 Å². The Morgan fingerprint density at radius 3 is 2.60 bits per heavy atom. The normalized spacial score (nSPS) is 15.7. The van der Waals surface area contributed by atoms with Gasteiger partial charge in [-0.1, -0.05) is 0 Å². The maximum atomic E-state index is 13.3. The summed E-state index contributed by atoms with van der Waals surface area (Å²) in [5.74, 6) is -2.37. The summed E-state index contributed by atoms with van der Waals surface area (Å²) in [6, 6.07) is 3.09. The second kappa shape index (κ2) is 5.56. The fourth-order valence-electron chi connectivity index (χ4n) is 1.96. The van der Waals surface area contributed by atoms with Crippen LogP contribution in [0.25, 0.3) is 0 Å². The van der Waals surface area contributed by atoms with Crippen molar-refractivity contribution in [2.75, 3.05) is 6.54 Å². The quantitative estimate of drug-likeness (QED) is 0.837. The molecule has 1 aromatic carbocycles. The molecule has 0 spiro atoms. The third-order valence-corrected chi connectivity index (χ3v) is 3.56. The highest BCUT2D eigenvalue weighted by Crippen LogP contribution is 2.45. The number of carboxylic acids is 1. The van der Waals surface area contributed by atoms with Gasteiger partial charge in [-0.3, -0.25) is 9.59 Å². The minimum atomic E-state index is -0.908. The van der Waals surface area contributed by atoms with Gasteiger partial charge in [-0.2, -0.15) is 0 Å². The van der Waals surface area contributed by atoms with E-state index in [1.54, 1.807) is 0 Å². The number of nitrogens with one attached hydrogen (secondary N) is 1. The van der Waals surface area contributed by atoms with Gasteiger partial charge in [0.1, 0.15) is 11.6 Å². The van der Waals surface area contributed by atoms with Gasteiger partial charge >= 0.3 is 5.97 Å². The van der Waals surface area contributed by atoms with E-state index in [1.165, 1.54) is 0 Å². The SMILES string of the molecule is O=C(CCc1cc(F)ccc1F)NCC1(C(=O)O)CC1.